The Morgan fingerprint density at radius 1 is 1.27 bits per heavy atom. The molecule has 2 aromatic heterocycles. The minimum Gasteiger partial charge on any atom is -0.464 e. The number of pyridine rings is 1. The molecule has 0 aliphatic heterocycles. The molecule has 7 heteroatoms. The van der Waals surface area contributed by atoms with Crippen LogP contribution in [0.2, 0.25) is 0 Å². The summed E-state index contributed by atoms with van der Waals surface area (Å²) in [4.78, 5) is 31.8. The molecule has 116 valence electrons. The highest BCUT2D eigenvalue weighted by atomic mass is 16.5. The van der Waals surface area contributed by atoms with Crippen LogP contribution in [0.5, 0.6) is 0 Å². The molecule has 0 radical (unpaired) electrons. The summed E-state index contributed by atoms with van der Waals surface area (Å²) in [6.07, 6.45) is 4.51. The van der Waals surface area contributed by atoms with Gasteiger partial charge in [0.15, 0.2) is 0 Å². The Morgan fingerprint density at radius 2 is 2.09 bits per heavy atom. The quantitative estimate of drug-likeness (QED) is 0.598. The summed E-state index contributed by atoms with van der Waals surface area (Å²) in [7, 11) is 1.24. The van der Waals surface area contributed by atoms with Gasteiger partial charge in [-0.1, -0.05) is 13.3 Å². The molecular weight excluding hydrogens is 288 g/mol. The van der Waals surface area contributed by atoms with Gasteiger partial charge in [0.1, 0.15) is 17.7 Å². The Morgan fingerprint density at radius 3 is 2.73 bits per heavy atom. The molecular formula is C15H16N2O5. The molecule has 0 saturated carbocycles. The number of carbonyl (C=O) groups excluding carboxylic acids is 2. The van der Waals surface area contributed by atoms with Crippen molar-refractivity contribution in [1.29, 1.82) is 0 Å². The van der Waals surface area contributed by atoms with Gasteiger partial charge in [-0.15, -0.1) is 0 Å². The third-order valence-electron chi connectivity index (χ3n) is 2.84. The molecule has 0 fully saturated rings. The monoisotopic (exact) mass is 304 g/mol. The number of oxazole rings is 1. The van der Waals surface area contributed by atoms with Gasteiger partial charge >= 0.3 is 11.9 Å². The molecule has 0 N–H and O–H groups in total. The second-order valence-electron chi connectivity index (χ2n) is 4.44. The van der Waals surface area contributed by atoms with Gasteiger partial charge in [-0.3, -0.25) is 0 Å². The Kier molecular flexibility index (Phi) is 5.24. The zero-order valence-corrected chi connectivity index (χ0v) is 12.4. The van der Waals surface area contributed by atoms with Crippen LogP contribution in [0, 0.1) is 0 Å². The second-order valence-corrected chi connectivity index (χ2v) is 4.44. The number of nitrogens with zero attached hydrogens (tertiary/aromatic N) is 2. The number of ether oxygens (including phenoxy) is 2. The molecule has 0 aliphatic rings. The van der Waals surface area contributed by atoms with E-state index in [1.165, 1.54) is 31.7 Å². The van der Waals surface area contributed by atoms with E-state index in [9.17, 15) is 9.59 Å². The first kappa shape index (κ1) is 15.7. The summed E-state index contributed by atoms with van der Waals surface area (Å²) < 4.78 is 14.9. The van der Waals surface area contributed by atoms with Gasteiger partial charge in [-0.05, 0) is 18.6 Å². The lowest BCUT2D eigenvalue weighted by atomic mass is 10.2. The molecule has 0 bridgehead atoms. The fourth-order valence-corrected chi connectivity index (χ4v) is 1.71. The molecule has 2 rings (SSSR count). The van der Waals surface area contributed by atoms with Crippen LogP contribution in [0.3, 0.4) is 0 Å². The van der Waals surface area contributed by atoms with E-state index in [0.717, 1.165) is 12.8 Å². The molecule has 0 amide bonds. The van der Waals surface area contributed by atoms with Crippen molar-refractivity contribution in [2.24, 2.45) is 0 Å². The maximum atomic E-state index is 12.1. The normalized spacial score (nSPS) is 10.3. The van der Waals surface area contributed by atoms with Crippen LogP contribution in [0.1, 0.15) is 40.6 Å². The van der Waals surface area contributed by atoms with Crippen LogP contribution < -0.4 is 0 Å². The topological polar surface area (TPSA) is 91.5 Å². The molecule has 0 aromatic carbocycles. The van der Waals surface area contributed by atoms with Crippen molar-refractivity contribution in [3.05, 3.63) is 35.9 Å². The molecule has 0 saturated heterocycles. The number of carbonyl (C=O) groups is 2. The second kappa shape index (κ2) is 7.35. The molecule has 2 aromatic rings. The maximum Gasteiger partial charge on any atom is 0.356 e. The lowest BCUT2D eigenvalue weighted by molar-refractivity contribution is 0.0499. The fourth-order valence-electron chi connectivity index (χ4n) is 1.71. The van der Waals surface area contributed by atoms with Gasteiger partial charge in [-0.25, -0.2) is 19.6 Å². The van der Waals surface area contributed by atoms with E-state index < -0.39 is 11.9 Å². The van der Waals surface area contributed by atoms with Crippen molar-refractivity contribution in [3.63, 3.8) is 0 Å². The highest BCUT2D eigenvalue weighted by Crippen LogP contribution is 2.18. The Labute approximate surface area is 127 Å². The Balaban J connectivity index is 2.34. The molecule has 7 nitrogen and oxygen atoms in total. The van der Waals surface area contributed by atoms with E-state index in [-0.39, 0.29) is 22.8 Å². The molecule has 22 heavy (non-hydrogen) atoms. The van der Waals surface area contributed by atoms with Gasteiger partial charge < -0.3 is 13.9 Å². The number of methoxy groups -OCH3 is 1. The summed E-state index contributed by atoms with van der Waals surface area (Å²) in [6, 6.07) is 2.79. The number of hydrogen-bond donors (Lipinski definition) is 0. The summed E-state index contributed by atoms with van der Waals surface area (Å²) in [5.41, 5.74) is 0.440. The molecule has 0 unspecified atom stereocenters. The minimum absolute atomic E-state index is 0.0133. The smallest absolute Gasteiger partial charge is 0.356 e. The number of esters is 2. The SMILES string of the molecule is CCCCOC(=O)c1cc(C(=O)OC)nc(-c2ncco2)c1. The highest BCUT2D eigenvalue weighted by molar-refractivity contribution is 5.95. The van der Waals surface area contributed by atoms with Crippen LogP contribution in [0.25, 0.3) is 11.6 Å². The number of unbranched alkanes of at least 4 members (excludes halogenated alkanes) is 1. The first-order valence-electron chi connectivity index (χ1n) is 6.83. The van der Waals surface area contributed by atoms with Crippen molar-refractivity contribution in [1.82, 2.24) is 9.97 Å². The third-order valence-corrected chi connectivity index (χ3v) is 2.84. The van der Waals surface area contributed by atoms with Crippen molar-refractivity contribution >= 4 is 11.9 Å². The molecule has 0 atom stereocenters. The first-order chi connectivity index (χ1) is 10.7. The number of hydrogen-bond acceptors (Lipinski definition) is 7. The van der Waals surface area contributed by atoms with E-state index in [0.29, 0.717) is 6.61 Å². The predicted molar refractivity (Wildman–Crippen MR) is 76.3 cm³/mol. The summed E-state index contributed by atoms with van der Waals surface area (Å²) >= 11 is 0. The minimum atomic E-state index is -0.656. The molecule has 2 heterocycles. The summed E-state index contributed by atoms with van der Waals surface area (Å²) in [5, 5.41) is 0. The third kappa shape index (κ3) is 3.69. The molecule has 0 aliphatic carbocycles. The van der Waals surface area contributed by atoms with Gasteiger partial charge in [0.25, 0.3) is 0 Å². The largest absolute Gasteiger partial charge is 0.464 e. The van der Waals surface area contributed by atoms with Gasteiger partial charge in [0.05, 0.1) is 25.5 Å². The number of rotatable bonds is 6. The van der Waals surface area contributed by atoms with Crippen LogP contribution in [-0.2, 0) is 9.47 Å². The zero-order chi connectivity index (χ0) is 15.9. The predicted octanol–water partition coefficient (Wildman–Crippen LogP) is 2.48. The Bertz CT molecular complexity index is 652. The van der Waals surface area contributed by atoms with Crippen LogP contribution >= 0.6 is 0 Å². The van der Waals surface area contributed by atoms with Crippen molar-refractivity contribution < 1.29 is 23.5 Å². The summed E-state index contributed by atoms with van der Waals surface area (Å²) in [6.45, 7) is 2.32. The number of aromatic nitrogens is 2. The van der Waals surface area contributed by atoms with Gasteiger partial charge in [-0.2, -0.15) is 0 Å². The van der Waals surface area contributed by atoms with Gasteiger partial charge in [0, 0.05) is 0 Å². The average Bonchev–Trinajstić information content (AvgIpc) is 3.08. The first-order valence-corrected chi connectivity index (χ1v) is 6.83. The highest BCUT2D eigenvalue weighted by Gasteiger charge is 2.18. The zero-order valence-electron chi connectivity index (χ0n) is 12.4. The van der Waals surface area contributed by atoms with E-state index in [4.69, 9.17) is 9.15 Å². The van der Waals surface area contributed by atoms with Crippen LogP contribution in [0.15, 0.2) is 29.0 Å². The standard InChI is InChI=1S/C15H16N2O5/c1-3-4-6-22-14(18)10-8-11(13-16-5-7-21-13)17-12(9-10)15(19)20-2/h5,7-9H,3-4,6H2,1-2H3. The van der Waals surface area contributed by atoms with E-state index >= 15 is 0 Å². The maximum absolute atomic E-state index is 12.1. The van der Waals surface area contributed by atoms with Crippen molar-refractivity contribution in [2.45, 2.75) is 19.8 Å². The van der Waals surface area contributed by atoms with Crippen LogP contribution in [0.4, 0.5) is 0 Å². The van der Waals surface area contributed by atoms with Crippen molar-refractivity contribution in [2.75, 3.05) is 13.7 Å². The van der Waals surface area contributed by atoms with Gasteiger partial charge in [0.2, 0.25) is 5.89 Å². The lowest BCUT2D eigenvalue weighted by Gasteiger charge is -2.07. The fraction of sp³-hybridized carbons (Fsp3) is 0.333. The van der Waals surface area contributed by atoms with Crippen molar-refractivity contribution in [3.8, 4) is 11.6 Å². The molecule has 0 spiro atoms. The van der Waals surface area contributed by atoms with Crippen LogP contribution in [-0.4, -0.2) is 35.6 Å². The van der Waals surface area contributed by atoms with E-state index in [1.807, 2.05) is 6.92 Å². The average molecular weight is 304 g/mol. The Hall–Kier alpha value is -2.70. The summed E-state index contributed by atoms with van der Waals surface area (Å²) in [5.74, 6) is -0.988. The van der Waals surface area contributed by atoms with E-state index in [2.05, 4.69) is 14.7 Å². The lowest BCUT2D eigenvalue weighted by Crippen LogP contribution is -2.11. The van der Waals surface area contributed by atoms with E-state index in [1.54, 1.807) is 0 Å².